The maximum atomic E-state index is 10.8. The minimum Gasteiger partial charge on any atom is -0.476 e. The molecule has 0 aliphatic rings. The average molecular weight is 253 g/mol. The van der Waals surface area contributed by atoms with E-state index in [-0.39, 0.29) is 5.69 Å². The Labute approximate surface area is 87.7 Å². The predicted molar refractivity (Wildman–Crippen MR) is 54.2 cm³/mol. The Kier molecular flexibility index (Phi) is 2.17. The van der Waals surface area contributed by atoms with Gasteiger partial charge in [-0.25, -0.2) is 9.78 Å². The number of carboxylic acid groups (broad SMARTS) is 1. The molecule has 4 nitrogen and oxygen atoms in total. The van der Waals surface area contributed by atoms with Gasteiger partial charge in [-0.2, -0.15) is 0 Å². The number of nitrogens with zero attached hydrogens (tertiary/aromatic N) is 2. The molecule has 5 heteroatoms. The zero-order valence-corrected chi connectivity index (χ0v) is 8.52. The molecule has 0 aromatic carbocycles. The molecule has 2 aromatic rings. The fraction of sp³-hybridized carbons (Fsp3) is 0. The van der Waals surface area contributed by atoms with Crippen LogP contribution in [0.15, 0.2) is 29.0 Å². The van der Waals surface area contributed by atoms with Gasteiger partial charge in [0.05, 0.1) is 16.2 Å². The summed E-state index contributed by atoms with van der Waals surface area (Å²) in [7, 11) is 0. The lowest BCUT2D eigenvalue weighted by Crippen LogP contribution is -2.01. The summed E-state index contributed by atoms with van der Waals surface area (Å²) < 4.78 is 0.468. The van der Waals surface area contributed by atoms with Gasteiger partial charge in [0.2, 0.25) is 0 Å². The number of halogens is 1. The van der Waals surface area contributed by atoms with Crippen molar-refractivity contribution in [2.24, 2.45) is 0 Å². The Morgan fingerprint density at radius 2 is 2.21 bits per heavy atom. The molecule has 0 saturated carbocycles. The largest absolute Gasteiger partial charge is 0.476 e. The topological polar surface area (TPSA) is 63.1 Å². The molecule has 0 bridgehead atoms. The first-order chi connectivity index (χ1) is 6.70. The van der Waals surface area contributed by atoms with E-state index in [2.05, 4.69) is 25.9 Å². The first-order valence-corrected chi connectivity index (χ1v) is 4.62. The van der Waals surface area contributed by atoms with Gasteiger partial charge >= 0.3 is 5.97 Å². The summed E-state index contributed by atoms with van der Waals surface area (Å²) >= 11 is 3.20. The Hall–Kier alpha value is -1.49. The van der Waals surface area contributed by atoms with Gasteiger partial charge in [-0.1, -0.05) is 6.07 Å². The highest BCUT2D eigenvalue weighted by Gasteiger charge is 2.12. The lowest BCUT2D eigenvalue weighted by molar-refractivity contribution is 0.0689. The summed E-state index contributed by atoms with van der Waals surface area (Å²) in [5, 5.41) is 9.56. The molecule has 2 heterocycles. The second-order valence-electron chi connectivity index (χ2n) is 2.66. The number of carbonyl (C=O) groups is 1. The van der Waals surface area contributed by atoms with Gasteiger partial charge in [0.25, 0.3) is 0 Å². The molecule has 0 aliphatic heterocycles. The van der Waals surface area contributed by atoms with Gasteiger partial charge in [0.1, 0.15) is 0 Å². The monoisotopic (exact) mass is 252 g/mol. The summed E-state index contributed by atoms with van der Waals surface area (Å²) in [5.74, 6) is -1.05. The van der Waals surface area contributed by atoms with E-state index >= 15 is 0 Å². The third kappa shape index (κ3) is 1.35. The van der Waals surface area contributed by atoms with Gasteiger partial charge < -0.3 is 5.11 Å². The van der Waals surface area contributed by atoms with Crippen molar-refractivity contribution >= 4 is 32.8 Å². The van der Waals surface area contributed by atoms with Gasteiger partial charge in [-0.05, 0) is 22.0 Å². The zero-order chi connectivity index (χ0) is 10.1. The molecule has 0 amide bonds. The van der Waals surface area contributed by atoms with Gasteiger partial charge in [0.15, 0.2) is 5.69 Å². The third-order valence-corrected chi connectivity index (χ3v) is 2.60. The van der Waals surface area contributed by atoms with Gasteiger partial charge in [-0.15, -0.1) is 0 Å². The Morgan fingerprint density at radius 3 is 2.93 bits per heavy atom. The van der Waals surface area contributed by atoms with Crippen molar-refractivity contribution in [3.63, 3.8) is 0 Å². The van der Waals surface area contributed by atoms with Crippen LogP contribution in [0, 0.1) is 0 Å². The maximum Gasteiger partial charge on any atom is 0.355 e. The van der Waals surface area contributed by atoms with Crippen molar-refractivity contribution < 1.29 is 9.90 Å². The molecule has 2 rings (SSSR count). The quantitative estimate of drug-likeness (QED) is 0.845. The number of fused-ring (bicyclic) bond motifs is 1. The Morgan fingerprint density at radius 1 is 1.43 bits per heavy atom. The zero-order valence-electron chi connectivity index (χ0n) is 6.94. The van der Waals surface area contributed by atoms with Crippen LogP contribution in [0.1, 0.15) is 10.5 Å². The normalized spacial score (nSPS) is 10.4. The number of aromatic carboxylic acids is 1. The molecule has 1 N–H and O–H groups in total. The van der Waals surface area contributed by atoms with Crippen LogP contribution >= 0.6 is 15.9 Å². The van der Waals surface area contributed by atoms with Crippen LogP contribution in [-0.2, 0) is 0 Å². The van der Waals surface area contributed by atoms with E-state index in [1.165, 1.54) is 6.20 Å². The standard InChI is InChI=1S/C9H5BrN2O2/c10-7-5-2-1-3-11-6(5)4-12-8(7)9(13)14/h1-4H,(H,13,14). The van der Waals surface area contributed by atoms with Crippen LogP contribution in [-0.4, -0.2) is 21.0 Å². The van der Waals surface area contributed by atoms with Crippen molar-refractivity contribution in [2.75, 3.05) is 0 Å². The summed E-state index contributed by atoms with van der Waals surface area (Å²) in [6.07, 6.45) is 3.08. The molecule has 0 saturated heterocycles. The van der Waals surface area contributed by atoms with Crippen molar-refractivity contribution in [2.45, 2.75) is 0 Å². The van der Waals surface area contributed by atoms with E-state index in [1.807, 2.05) is 0 Å². The highest BCUT2D eigenvalue weighted by Crippen LogP contribution is 2.24. The average Bonchev–Trinajstić information content (AvgIpc) is 2.18. The van der Waals surface area contributed by atoms with Crippen molar-refractivity contribution in [1.29, 1.82) is 0 Å². The number of aromatic nitrogens is 2. The molecule has 0 fully saturated rings. The number of rotatable bonds is 1. The molecular weight excluding hydrogens is 248 g/mol. The van der Waals surface area contributed by atoms with Crippen molar-refractivity contribution in [3.05, 3.63) is 34.7 Å². The smallest absolute Gasteiger partial charge is 0.355 e. The lowest BCUT2D eigenvalue weighted by atomic mass is 10.2. The van der Waals surface area contributed by atoms with E-state index in [9.17, 15) is 4.79 Å². The highest BCUT2D eigenvalue weighted by atomic mass is 79.9. The fourth-order valence-electron chi connectivity index (χ4n) is 1.17. The number of carboxylic acids is 1. The van der Waals surface area contributed by atoms with Crippen LogP contribution in [0.5, 0.6) is 0 Å². The van der Waals surface area contributed by atoms with Crippen LogP contribution in [0.3, 0.4) is 0 Å². The fourth-order valence-corrected chi connectivity index (χ4v) is 1.77. The summed E-state index contributed by atoms with van der Waals surface area (Å²) in [4.78, 5) is 18.6. The van der Waals surface area contributed by atoms with Gasteiger partial charge in [0, 0.05) is 11.6 Å². The highest BCUT2D eigenvalue weighted by molar-refractivity contribution is 9.10. The lowest BCUT2D eigenvalue weighted by Gasteiger charge is -2.01. The third-order valence-electron chi connectivity index (χ3n) is 1.80. The SMILES string of the molecule is O=C(O)c1ncc2ncccc2c1Br. The molecule has 0 radical (unpaired) electrons. The summed E-state index contributed by atoms with van der Waals surface area (Å²) in [5.41, 5.74) is 0.676. The predicted octanol–water partition coefficient (Wildman–Crippen LogP) is 2.09. The van der Waals surface area contributed by atoms with E-state index in [0.717, 1.165) is 5.39 Å². The van der Waals surface area contributed by atoms with Crippen LogP contribution in [0.2, 0.25) is 0 Å². The molecule has 0 aliphatic carbocycles. The van der Waals surface area contributed by atoms with Gasteiger partial charge in [-0.3, -0.25) is 4.98 Å². The first kappa shape index (κ1) is 9.08. The van der Waals surface area contributed by atoms with Crippen LogP contribution in [0.4, 0.5) is 0 Å². The molecule has 14 heavy (non-hydrogen) atoms. The van der Waals surface area contributed by atoms with Crippen LogP contribution < -0.4 is 0 Å². The minimum absolute atomic E-state index is 0.00509. The van der Waals surface area contributed by atoms with Crippen molar-refractivity contribution in [1.82, 2.24) is 9.97 Å². The minimum atomic E-state index is -1.05. The number of hydrogen-bond donors (Lipinski definition) is 1. The second-order valence-corrected chi connectivity index (χ2v) is 3.46. The molecule has 0 spiro atoms. The number of pyridine rings is 2. The van der Waals surface area contributed by atoms with Crippen molar-refractivity contribution in [3.8, 4) is 0 Å². The molecule has 0 atom stereocenters. The summed E-state index contributed by atoms with van der Waals surface area (Å²) in [6.45, 7) is 0. The molecule has 2 aromatic heterocycles. The maximum absolute atomic E-state index is 10.8. The Bertz CT molecular complexity index is 513. The number of hydrogen-bond acceptors (Lipinski definition) is 3. The Balaban J connectivity index is 2.81. The van der Waals surface area contributed by atoms with E-state index in [4.69, 9.17) is 5.11 Å². The van der Waals surface area contributed by atoms with E-state index < -0.39 is 5.97 Å². The van der Waals surface area contributed by atoms with E-state index in [1.54, 1.807) is 18.3 Å². The molecule has 0 unspecified atom stereocenters. The summed E-state index contributed by atoms with van der Waals surface area (Å²) in [6, 6.07) is 3.54. The first-order valence-electron chi connectivity index (χ1n) is 3.82. The molecular formula is C9H5BrN2O2. The van der Waals surface area contributed by atoms with Crippen LogP contribution in [0.25, 0.3) is 10.9 Å². The van der Waals surface area contributed by atoms with E-state index in [0.29, 0.717) is 9.99 Å². The molecule has 70 valence electrons. The second kappa shape index (κ2) is 3.34.